The molecular weight excluding hydrogens is 405 g/mol. The highest BCUT2D eigenvalue weighted by Gasteiger charge is 2.37. The standard InChI is InChI=1S/C24H21Cl2NO2/c25-16-8-9-18(21(26)13-16)15-11-19-20-14-27-10-4-7-22(20)29-24(19)23(12-15)28-17-5-2-1-3-6-17/h1-3,5-6,8-9,11-13,20,22,27H,4,7,10,14H2/t20-,22?/m0/s1. The fourth-order valence-corrected chi connectivity index (χ4v) is 4.73. The molecule has 0 aromatic heterocycles. The Kier molecular flexibility index (Phi) is 5.13. The molecule has 2 heterocycles. The van der Waals surface area contributed by atoms with Crippen molar-refractivity contribution in [2.75, 3.05) is 13.1 Å². The van der Waals surface area contributed by atoms with Gasteiger partial charge in [0.1, 0.15) is 11.9 Å². The van der Waals surface area contributed by atoms with E-state index in [1.807, 2.05) is 48.5 Å². The highest BCUT2D eigenvalue weighted by atomic mass is 35.5. The predicted octanol–water partition coefficient (Wildman–Crippen LogP) is 6.68. The van der Waals surface area contributed by atoms with E-state index in [4.69, 9.17) is 32.7 Å². The van der Waals surface area contributed by atoms with Crippen molar-refractivity contribution >= 4 is 23.2 Å². The van der Waals surface area contributed by atoms with Gasteiger partial charge in [-0.05, 0) is 61.3 Å². The maximum Gasteiger partial charge on any atom is 0.170 e. The normalized spacial score (nSPS) is 20.3. The van der Waals surface area contributed by atoms with Crippen molar-refractivity contribution in [3.63, 3.8) is 0 Å². The Morgan fingerprint density at radius 3 is 2.69 bits per heavy atom. The van der Waals surface area contributed by atoms with Gasteiger partial charge >= 0.3 is 0 Å². The minimum Gasteiger partial charge on any atom is -0.486 e. The SMILES string of the molecule is Clc1ccc(-c2cc(Oc3ccccc3)c3c(c2)[C@@H]2CNCCCC2O3)c(Cl)c1. The van der Waals surface area contributed by atoms with E-state index in [0.717, 1.165) is 54.3 Å². The Hall–Kier alpha value is -2.20. The Morgan fingerprint density at radius 1 is 1.00 bits per heavy atom. The summed E-state index contributed by atoms with van der Waals surface area (Å²) < 4.78 is 12.7. The molecule has 2 aliphatic heterocycles. The van der Waals surface area contributed by atoms with Crippen molar-refractivity contribution in [1.82, 2.24) is 5.32 Å². The van der Waals surface area contributed by atoms with Crippen molar-refractivity contribution in [3.8, 4) is 28.4 Å². The van der Waals surface area contributed by atoms with E-state index in [9.17, 15) is 0 Å². The number of halogens is 2. The van der Waals surface area contributed by atoms with Gasteiger partial charge in [0, 0.05) is 33.6 Å². The highest BCUT2D eigenvalue weighted by molar-refractivity contribution is 6.36. The molecule has 0 radical (unpaired) electrons. The van der Waals surface area contributed by atoms with Crippen LogP contribution >= 0.6 is 23.2 Å². The van der Waals surface area contributed by atoms with Gasteiger partial charge in [0.25, 0.3) is 0 Å². The highest BCUT2D eigenvalue weighted by Crippen LogP contribution is 2.49. The fraction of sp³-hybridized carbons (Fsp3) is 0.250. The topological polar surface area (TPSA) is 30.5 Å². The second-order valence-corrected chi connectivity index (χ2v) is 8.38. The van der Waals surface area contributed by atoms with Gasteiger partial charge in [0.15, 0.2) is 11.5 Å². The molecule has 148 valence electrons. The third-order valence-corrected chi connectivity index (χ3v) is 6.17. The molecule has 0 bridgehead atoms. The zero-order chi connectivity index (χ0) is 19.8. The summed E-state index contributed by atoms with van der Waals surface area (Å²) in [5.74, 6) is 2.66. The van der Waals surface area contributed by atoms with Crippen LogP contribution in [0.15, 0.2) is 60.7 Å². The summed E-state index contributed by atoms with van der Waals surface area (Å²) in [6.45, 7) is 1.93. The number of para-hydroxylation sites is 1. The molecule has 5 rings (SSSR count). The minimum absolute atomic E-state index is 0.175. The van der Waals surface area contributed by atoms with Crippen LogP contribution in [0.1, 0.15) is 24.3 Å². The molecule has 29 heavy (non-hydrogen) atoms. The van der Waals surface area contributed by atoms with E-state index in [-0.39, 0.29) is 6.10 Å². The first-order valence-electron chi connectivity index (χ1n) is 9.93. The van der Waals surface area contributed by atoms with Gasteiger partial charge in [-0.3, -0.25) is 0 Å². The van der Waals surface area contributed by atoms with Gasteiger partial charge in [0.05, 0.1) is 0 Å². The van der Waals surface area contributed by atoms with Gasteiger partial charge in [-0.15, -0.1) is 0 Å². The van der Waals surface area contributed by atoms with Crippen molar-refractivity contribution < 1.29 is 9.47 Å². The fourth-order valence-electron chi connectivity index (χ4n) is 4.22. The van der Waals surface area contributed by atoms with E-state index in [1.54, 1.807) is 6.07 Å². The predicted molar refractivity (Wildman–Crippen MR) is 118 cm³/mol. The first-order chi connectivity index (χ1) is 14.2. The molecule has 3 aromatic carbocycles. The number of nitrogens with one attached hydrogen (secondary N) is 1. The maximum absolute atomic E-state index is 6.52. The van der Waals surface area contributed by atoms with Gasteiger partial charge in [-0.1, -0.05) is 47.5 Å². The average Bonchev–Trinajstić information content (AvgIpc) is 2.90. The van der Waals surface area contributed by atoms with Crippen LogP contribution in [0.2, 0.25) is 10.0 Å². The molecule has 0 amide bonds. The molecule has 0 saturated carbocycles. The molecule has 2 aliphatic rings. The molecule has 2 atom stereocenters. The lowest BCUT2D eigenvalue weighted by Gasteiger charge is -2.15. The summed E-state index contributed by atoms with van der Waals surface area (Å²) in [6.07, 6.45) is 2.32. The van der Waals surface area contributed by atoms with Crippen molar-refractivity contribution in [1.29, 1.82) is 0 Å². The zero-order valence-electron chi connectivity index (χ0n) is 15.8. The van der Waals surface area contributed by atoms with Gasteiger partial charge in [-0.25, -0.2) is 0 Å². The van der Waals surface area contributed by atoms with Crippen LogP contribution in [0.5, 0.6) is 17.2 Å². The van der Waals surface area contributed by atoms with E-state index >= 15 is 0 Å². The number of fused-ring (bicyclic) bond motifs is 3. The average molecular weight is 426 g/mol. The summed E-state index contributed by atoms with van der Waals surface area (Å²) in [6, 6.07) is 19.6. The molecule has 3 aromatic rings. The summed E-state index contributed by atoms with van der Waals surface area (Å²) >= 11 is 12.6. The monoisotopic (exact) mass is 425 g/mol. The molecule has 3 nitrogen and oxygen atoms in total. The van der Waals surface area contributed by atoms with E-state index in [1.165, 1.54) is 5.56 Å². The third-order valence-electron chi connectivity index (χ3n) is 5.62. The molecular formula is C24H21Cl2NO2. The van der Waals surface area contributed by atoms with Gasteiger partial charge in [0.2, 0.25) is 0 Å². The Bertz CT molecular complexity index is 1040. The van der Waals surface area contributed by atoms with E-state index in [0.29, 0.717) is 16.0 Å². The zero-order valence-corrected chi connectivity index (χ0v) is 17.3. The van der Waals surface area contributed by atoms with Crippen molar-refractivity contribution in [2.24, 2.45) is 0 Å². The van der Waals surface area contributed by atoms with Crippen molar-refractivity contribution in [3.05, 3.63) is 76.3 Å². The number of hydrogen-bond donors (Lipinski definition) is 1. The van der Waals surface area contributed by atoms with Crippen LogP contribution in [0.25, 0.3) is 11.1 Å². The summed E-state index contributed by atoms with van der Waals surface area (Å²) in [4.78, 5) is 0. The first kappa shape index (κ1) is 18.8. The number of rotatable bonds is 3. The van der Waals surface area contributed by atoms with Crippen LogP contribution in [0.3, 0.4) is 0 Å². The van der Waals surface area contributed by atoms with Crippen LogP contribution in [-0.2, 0) is 0 Å². The van der Waals surface area contributed by atoms with Crippen LogP contribution in [-0.4, -0.2) is 19.2 Å². The molecule has 0 aliphatic carbocycles. The lowest BCUT2D eigenvalue weighted by molar-refractivity contribution is 0.196. The molecule has 1 N–H and O–H groups in total. The van der Waals surface area contributed by atoms with Gasteiger partial charge < -0.3 is 14.8 Å². The summed E-state index contributed by atoms with van der Waals surface area (Å²) in [7, 11) is 0. The first-order valence-corrected chi connectivity index (χ1v) is 10.7. The Labute approximate surface area is 180 Å². The Morgan fingerprint density at radius 2 is 1.86 bits per heavy atom. The maximum atomic E-state index is 6.52. The second kappa shape index (κ2) is 7.91. The lowest BCUT2D eigenvalue weighted by atomic mass is 9.91. The number of ether oxygens (including phenoxy) is 2. The molecule has 1 unspecified atom stereocenters. The van der Waals surface area contributed by atoms with E-state index < -0.39 is 0 Å². The van der Waals surface area contributed by atoms with Crippen molar-refractivity contribution in [2.45, 2.75) is 24.9 Å². The smallest absolute Gasteiger partial charge is 0.170 e. The second-order valence-electron chi connectivity index (χ2n) is 7.54. The number of hydrogen-bond acceptors (Lipinski definition) is 3. The number of benzene rings is 3. The molecule has 5 heteroatoms. The van der Waals surface area contributed by atoms with Crippen LogP contribution in [0.4, 0.5) is 0 Å². The lowest BCUT2D eigenvalue weighted by Crippen LogP contribution is -2.24. The quantitative estimate of drug-likeness (QED) is 0.507. The molecule has 0 spiro atoms. The van der Waals surface area contributed by atoms with Crippen LogP contribution in [0, 0.1) is 0 Å². The van der Waals surface area contributed by atoms with Crippen LogP contribution < -0.4 is 14.8 Å². The molecule has 1 fully saturated rings. The Balaban J connectivity index is 1.63. The summed E-state index contributed by atoms with van der Waals surface area (Å²) in [5, 5.41) is 4.79. The molecule has 1 saturated heterocycles. The van der Waals surface area contributed by atoms with E-state index in [2.05, 4.69) is 11.4 Å². The largest absolute Gasteiger partial charge is 0.486 e. The minimum atomic E-state index is 0.175. The summed E-state index contributed by atoms with van der Waals surface area (Å²) in [5.41, 5.74) is 3.12. The third kappa shape index (κ3) is 3.71. The van der Waals surface area contributed by atoms with Gasteiger partial charge in [-0.2, -0.15) is 0 Å².